The van der Waals surface area contributed by atoms with Gasteiger partial charge in [-0.05, 0) is 26.2 Å². The summed E-state index contributed by atoms with van der Waals surface area (Å²) in [7, 11) is 3.51. The van der Waals surface area contributed by atoms with E-state index in [1.807, 2.05) is 0 Å². The van der Waals surface area contributed by atoms with Crippen LogP contribution in [0.25, 0.3) is 0 Å². The van der Waals surface area contributed by atoms with Crippen molar-refractivity contribution in [1.29, 1.82) is 0 Å². The van der Waals surface area contributed by atoms with Crippen LogP contribution in [0.4, 0.5) is 10.1 Å². The summed E-state index contributed by atoms with van der Waals surface area (Å²) in [5.74, 6) is -1.88. The van der Waals surface area contributed by atoms with Crippen molar-refractivity contribution in [3.8, 4) is 0 Å². The molecule has 2 atom stereocenters. The van der Waals surface area contributed by atoms with Crippen molar-refractivity contribution in [3.05, 3.63) is 28.5 Å². The van der Waals surface area contributed by atoms with Crippen molar-refractivity contribution < 1.29 is 14.3 Å². The number of hydrogen-bond donors (Lipinski definition) is 4. The highest BCUT2D eigenvalue weighted by atomic mass is 35.5. The molecule has 10 heteroatoms. The van der Waals surface area contributed by atoms with Crippen LogP contribution in [0.5, 0.6) is 0 Å². The second kappa shape index (κ2) is 6.66. The molecule has 0 radical (unpaired) electrons. The van der Waals surface area contributed by atoms with Crippen LogP contribution in [0.15, 0.2) is 12.1 Å². The summed E-state index contributed by atoms with van der Waals surface area (Å²) in [6, 6.07) is 2.20. The maximum atomic E-state index is 14.3. The highest BCUT2D eigenvalue weighted by molar-refractivity contribution is 7.82. The number of anilines is 1. The predicted octanol–water partition coefficient (Wildman–Crippen LogP) is 2.50. The predicted molar refractivity (Wildman–Crippen MR) is 94.7 cm³/mol. The molecule has 0 spiro atoms. The summed E-state index contributed by atoms with van der Waals surface area (Å²) in [5, 5.41) is 8.97. The molecule has 1 fully saturated rings. The molecule has 122 valence electrons. The summed E-state index contributed by atoms with van der Waals surface area (Å²) in [4.78, 5) is 16.2. The first-order valence-corrected chi connectivity index (χ1v) is 8.09. The number of thiol groups is 3. The number of benzene rings is 1. The molecule has 1 aliphatic heterocycles. The van der Waals surface area contributed by atoms with Gasteiger partial charge in [0.2, 0.25) is 0 Å². The Kier molecular flexibility index (Phi) is 5.46. The highest BCUT2D eigenvalue weighted by Gasteiger charge is 2.41. The molecule has 1 saturated heterocycles. The van der Waals surface area contributed by atoms with Crippen LogP contribution in [0.2, 0.25) is 5.02 Å². The molecule has 2 rings (SSSR count). The molecule has 0 bridgehead atoms. The number of aromatic carboxylic acids is 1. The van der Waals surface area contributed by atoms with E-state index in [2.05, 4.69) is 37.9 Å². The zero-order chi connectivity index (χ0) is 16.8. The number of nitrogens with zero attached hydrogens (tertiary/aromatic N) is 3. The maximum absolute atomic E-state index is 14.3. The second-order valence-electron chi connectivity index (χ2n) is 4.84. The fourth-order valence-electron chi connectivity index (χ4n) is 2.21. The summed E-state index contributed by atoms with van der Waals surface area (Å²) in [6.07, 6.45) is 0. The third-order valence-corrected chi connectivity index (χ3v) is 5.85. The average molecular weight is 384 g/mol. The molecule has 0 saturated carbocycles. The van der Waals surface area contributed by atoms with Crippen LogP contribution in [0.3, 0.4) is 0 Å². The number of carboxylic acids is 1. The van der Waals surface area contributed by atoms with E-state index >= 15 is 0 Å². The largest absolute Gasteiger partial charge is 0.478 e. The zero-order valence-corrected chi connectivity index (χ0v) is 15.1. The fourth-order valence-corrected chi connectivity index (χ4v) is 3.85. The van der Waals surface area contributed by atoms with Gasteiger partial charge in [0.15, 0.2) is 0 Å². The van der Waals surface area contributed by atoms with Crippen molar-refractivity contribution in [1.82, 2.24) is 9.80 Å². The Balaban J connectivity index is 2.59. The first kappa shape index (κ1) is 18.0. The molecule has 1 aromatic rings. The Bertz CT molecular complexity index is 593. The smallest absolute Gasteiger partial charge is 0.337 e. The lowest BCUT2D eigenvalue weighted by atomic mass is 10.1. The zero-order valence-electron chi connectivity index (χ0n) is 11.7. The minimum absolute atomic E-state index is 0.0551. The first-order chi connectivity index (χ1) is 10.2. The highest BCUT2D eigenvalue weighted by Crippen LogP contribution is 2.40. The normalized spacial score (nSPS) is 27.2. The van der Waals surface area contributed by atoms with Crippen LogP contribution in [0.1, 0.15) is 10.4 Å². The Morgan fingerprint density at radius 1 is 1.18 bits per heavy atom. The van der Waals surface area contributed by atoms with E-state index < -0.39 is 22.8 Å². The standard InChI is InChI=1S/C12H15ClFN3O2S3/c1-15-10(20)16(2)12(22)17(11(15)21)8-6(14)4-3-5(7(8)13)9(18)19/h3-4,10-12,20-22H,1-2H3,(H,18,19). The number of halogens is 2. The van der Waals surface area contributed by atoms with Crippen LogP contribution in [-0.4, -0.2) is 51.5 Å². The topological polar surface area (TPSA) is 47.0 Å². The van der Waals surface area contributed by atoms with E-state index in [0.29, 0.717) is 0 Å². The molecule has 2 unspecified atom stereocenters. The lowest BCUT2D eigenvalue weighted by Crippen LogP contribution is -2.64. The van der Waals surface area contributed by atoms with Gasteiger partial charge in [-0.3, -0.25) is 9.80 Å². The monoisotopic (exact) mass is 383 g/mol. The van der Waals surface area contributed by atoms with E-state index in [0.717, 1.165) is 12.1 Å². The number of carboxylic acid groups (broad SMARTS) is 1. The Hall–Kier alpha value is -0.320. The molecule has 1 aliphatic rings. The Morgan fingerprint density at radius 3 is 2.14 bits per heavy atom. The minimum Gasteiger partial charge on any atom is -0.478 e. The van der Waals surface area contributed by atoms with Crippen LogP contribution in [-0.2, 0) is 0 Å². The molecule has 1 heterocycles. The Morgan fingerprint density at radius 2 is 1.68 bits per heavy atom. The summed E-state index contributed by atoms with van der Waals surface area (Å²) in [5.41, 5.74) is -1.70. The van der Waals surface area contributed by atoms with E-state index in [1.165, 1.54) is 4.90 Å². The van der Waals surface area contributed by atoms with Crippen molar-refractivity contribution >= 4 is 61.1 Å². The molecule has 22 heavy (non-hydrogen) atoms. The van der Waals surface area contributed by atoms with Gasteiger partial charge in [-0.15, -0.1) is 37.9 Å². The number of carbonyl (C=O) groups is 1. The molecule has 1 N–H and O–H groups in total. The lowest BCUT2D eigenvalue weighted by molar-refractivity contribution is 0.0696. The van der Waals surface area contributed by atoms with Crippen LogP contribution >= 0.6 is 49.5 Å². The Labute approximate surface area is 149 Å². The number of rotatable bonds is 2. The summed E-state index contributed by atoms with van der Waals surface area (Å²) < 4.78 is 14.3. The van der Waals surface area contributed by atoms with Crippen molar-refractivity contribution in [2.45, 2.75) is 16.5 Å². The van der Waals surface area contributed by atoms with E-state index in [1.54, 1.807) is 23.9 Å². The minimum atomic E-state index is -1.23. The quantitative estimate of drug-likeness (QED) is 0.591. The van der Waals surface area contributed by atoms with Gasteiger partial charge in [0.05, 0.1) is 16.3 Å². The van der Waals surface area contributed by atoms with Crippen LogP contribution in [0, 0.1) is 5.82 Å². The molecule has 0 aliphatic carbocycles. The van der Waals surface area contributed by atoms with Crippen molar-refractivity contribution in [2.24, 2.45) is 0 Å². The van der Waals surface area contributed by atoms with Crippen molar-refractivity contribution in [2.75, 3.05) is 19.0 Å². The maximum Gasteiger partial charge on any atom is 0.337 e. The van der Waals surface area contributed by atoms with E-state index in [9.17, 15) is 9.18 Å². The molecule has 0 amide bonds. The van der Waals surface area contributed by atoms with Gasteiger partial charge in [0, 0.05) is 0 Å². The fraction of sp³-hybridized carbons (Fsp3) is 0.417. The van der Waals surface area contributed by atoms with Gasteiger partial charge in [-0.2, -0.15) is 0 Å². The first-order valence-electron chi connectivity index (χ1n) is 6.16. The van der Waals surface area contributed by atoms with Gasteiger partial charge < -0.3 is 10.0 Å². The second-order valence-corrected chi connectivity index (χ2v) is 6.60. The van der Waals surface area contributed by atoms with Gasteiger partial charge in [0.25, 0.3) is 0 Å². The summed E-state index contributed by atoms with van der Waals surface area (Å²) in [6.45, 7) is 0. The van der Waals surface area contributed by atoms with E-state index in [4.69, 9.17) is 16.7 Å². The van der Waals surface area contributed by atoms with E-state index in [-0.39, 0.29) is 21.8 Å². The van der Waals surface area contributed by atoms with Gasteiger partial charge in [0.1, 0.15) is 22.3 Å². The molecular weight excluding hydrogens is 369 g/mol. The molecule has 5 nitrogen and oxygen atoms in total. The molecule has 1 aromatic carbocycles. The van der Waals surface area contributed by atoms with Crippen LogP contribution < -0.4 is 4.90 Å². The molecule has 0 aromatic heterocycles. The number of hydrogen-bond acceptors (Lipinski definition) is 7. The van der Waals surface area contributed by atoms with Crippen molar-refractivity contribution in [3.63, 3.8) is 0 Å². The third-order valence-electron chi connectivity index (χ3n) is 3.51. The lowest BCUT2D eigenvalue weighted by Gasteiger charge is -2.52. The summed E-state index contributed by atoms with van der Waals surface area (Å²) >= 11 is 19.5. The van der Waals surface area contributed by atoms with Gasteiger partial charge in [-0.1, -0.05) is 11.6 Å². The average Bonchev–Trinajstić information content (AvgIpc) is 2.46. The van der Waals surface area contributed by atoms with Gasteiger partial charge >= 0.3 is 5.97 Å². The third kappa shape index (κ3) is 2.90. The molecular formula is C12H15ClFN3O2S3. The van der Waals surface area contributed by atoms with Gasteiger partial charge in [-0.25, -0.2) is 9.18 Å². The SMILES string of the molecule is CN1C(S)N(C)C(S)N(c2c(F)ccc(C(=O)O)c2Cl)C1S.